The molecule has 0 aliphatic carbocycles. The van der Waals surface area contributed by atoms with Crippen molar-refractivity contribution >= 4 is 11.0 Å². The monoisotopic (exact) mass is 399 g/mol. The van der Waals surface area contributed by atoms with Crippen LogP contribution < -0.4 is 4.74 Å². The topological polar surface area (TPSA) is 47.9 Å². The number of hydrogen-bond acceptors (Lipinski definition) is 4. The molecule has 0 amide bonds. The van der Waals surface area contributed by atoms with E-state index in [1.165, 1.54) is 30.5 Å². The lowest BCUT2D eigenvalue weighted by molar-refractivity contribution is -0.141. The van der Waals surface area contributed by atoms with Crippen molar-refractivity contribution in [3.63, 3.8) is 0 Å². The number of nitrogens with zero attached hydrogens (tertiary/aromatic N) is 3. The minimum atomic E-state index is -4.56. The molecule has 0 bridgehead atoms. The third-order valence-electron chi connectivity index (χ3n) is 4.25. The number of alkyl halides is 3. The summed E-state index contributed by atoms with van der Waals surface area (Å²) in [7, 11) is 0. The van der Waals surface area contributed by atoms with Crippen molar-refractivity contribution in [2.45, 2.75) is 12.8 Å². The van der Waals surface area contributed by atoms with Gasteiger partial charge in [0.2, 0.25) is 0 Å². The molecule has 0 saturated heterocycles. The van der Waals surface area contributed by atoms with Crippen LogP contribution in [-0.2, 0) is 12.8 Å². The molecule has 4 nitrogen and oxygen atoms in total. The second-order valence-electron chi connectivity index (χ2n) is 6.22. The van der Waals surface area contributed by atoms with Gasteiger partial charge in [-0.2, -0.15) is 13.2 Å². The molecule has 0 fully saturated rings. The number of rotatable bonds is 4. The van der Waals surface area contributed by atoms with Gasteiger partial charge in [-0.1, -0.05) is 12.1 Å². The first-order valence-electron chi connectivity index (χ1n) is 8.56. The average molecular weight is 399 g/mol. The van der Waals surface area contributed by atoms with Gasteiger partial charge in [-0.15, -0.1) is 0 Å². The summed E-state index contributed by atoms with van der Waals surface area (Å²) in [6.07, 6.45) is 0.0406. The molecule has 0 saturated carbocycles. The number of benzene rings is 1. The summed E-state index contributed by atoms with van der Waals surface area (Å²) < 4.78 is 58.5. The SMILES string of the molecule is Fc1ccc(-c2ccnc3nc(C(F)(F)F)ccc23)cc1OCc1cccnc1. The first-order valence-corrected chi connectivity index (χ1v) is 8.56. The maximum Gasteiger partial charge on any atom is 0.433 e. The van der Waals surface area contributed by atoms with Crippen LogP contribution in [-0.4, -0.2) is 15.0 Å². The Kier molecular flexibility index (Phi) is 4.84. The van der Waals surface area contributed by atoms with E-state index in [4.69, 9.17) is 4.74 Å². The van der Waals surface area contributed by atoms with Crippen LogP contribution in [0.15, 0.2) is 67.1 Å². The summed E-state index contributed by atoms with van der Waals surface area (Å²) in [6.45, 7) is 0.127. The number of fused-ring (bicyclic) bond motifs is 1. The molecule has 1 aromatic carbocycles. The van der Waals surface area contributed by atoms with Crippen LogP contribution in [0.5, 0.6) is 5.75 Å². The first-order chi connectivity index (χ1) is 13.9. The second-order valence-corrected chi connectivity index (χ2v) is 6.22. The van der Waals surface area contributed by atoms with Crippen molar-refractivity contribution in [2.75, 3.05) is 0 Å². The van der Waals surface area contributed by atoms with Crippen LogP contribution in [0.3, 0.4) is 0 Å². The molecular formula is C21H13F4N3O. The number of aromatic nitrogens is 3. The lowest BCUT2D eigenvalue weighted by Crippen LogP contribution is -2.08. The van der Waals surface area contributed by atoms with Crippen LogP contribution >= 0.6 is 0 Å². The van der Waals surface area contributed by atoms with Crippen LogP contribution in [0.4, 0.5) is 17.6 Å². The molecule has 0 N–H and O–H groups in total. The molecule has 0 atom stereocenters. The van der Waals surface area contributed by atoms with Crippen molar-refractivity contribution in [1.29, 1.82) is 0 Å². The van der Waals surface area contributed by atoms with Crippen LogP contribution in [0.2, 0.25) is 0 Å². The van der Waals surface area contributed by atoms with Gasteiger partial charge >= 0.3 is 6.18 Å². The standard InChI is InChI=1S/C21H13F4N3O/c22-17-5-3-14(10-18(17)29-12-13-2-1-8-26-11-13)15-7-9-27-20-16(15)4-6-19(28-20)21(23,24)25/h1-11H,12H2. The summed E-state index contributed by atoms with van der Waals surface area (Å²) in [4.78, 5) is 11.5. The molecule has 0 unspecified atom stereocenters. The van der Waals surface area contributed by atoms with Gasteiger partial charge in [-0.25, -0.2) is 14.4 Å². The maximum atomic E-state index is 14.2. The van der Waals surface area contributed by atoms with Crippen LogP contribution in [0, 0.1) is 5.82 Å². The van der Waals surface area contributed by atoms with Crippen LogP contribution in [0.25, 0.3) is 22.2 Å². The lowest BCUT2D eigenvalue weighted by Gasteiger charge is -2.12. The first kappa shape index (κ1) is 18.8. The van der Waals surface area contributed by atoms with Gasteiger partial charge in [0.15, 0.2) is 17.2 Å². The molecule has 0 spiro atoms. The Morgan fingerprint density at radius 1 is 0.966 bits per heavy atom. The zero-order valence-electron chi connectivity index (χ0n) is 14.8. The lowest BCUT2D eigenvalue weighted by atomic mass is 10.0. The summed E-state index contributed by atoms with van der Waals surface area (Å²) in [6, 6.07) is 11.7. The van der Waals surface area contributed by atoms with Gasteiger partial charge in [-0.3, -0.25) is 4.98 Å². The minimum absolute atomic E-state index is 0.0242. The van der Waals surface area contributed by atoms with E-state index in [-0.39, 0.29) is 18.0 Å². The smallest absolute Gasteiger partial charge is 0.433 e. The number of ether oxygens (including phenoxy) is 1. The van der Waals surface area contributed by atoms with Crippen molar-refractivity contribution in [1.82, 2.24) is 15.0 Å². The Labute approximate surface area is 162 Å². The van der Waals surface area contributed by atoms with Crippen molar-refractivity contribution < 1.29 is 22.3 Å². The Morgan fingerprint density at radius 2 is 1.83 bits per heavy atom. The number of halogens is 4. The van der Waals surface area contributed by atoms with E-state index in [9.17, 15) is 17.6 Å². The third-order valence-corrected chi connectivity index (χ3v) is 4.25. The van der Waals surface area contributed by atoms with Crippen LogP contribution in [0.1, 0.15) is 11.3 Å². The fourth-order valence-electron chi connectivity index (χ4n) is 2.86. The molecule has 146 valence electrons. The van der Waals surface area contributed by atoms with E-state index in [0.717, 1.165) is 11.6 Å². The summed E-state index contributed by atoms with van der Waals surface area (Å²) in [5.41, 5.74) is 0.855. The highest BCUT2D eigenvalue weighted by molar-refractivity contribution is 5.92. The van der Waals surface area contributed by atoms with E-state index >= 15 is 0 Å². The molecular weight excluding hydrogens is 386 g/mol. The molecule has 0 aliphatic heterocycles. The van der Waals surface area contributed by atoms with Crippen molar-refractivity contribution in [3.8, 4) is 16.9 Å². The molecule has 29 heavy (non-hydrogen) atoms. The molecule has 3 heterocycles. The molecule has 8 heteroatoms. The normalized spacial score (nSPS) is 11.6. The van der Waals surface area contributed by atoms with Gasteiger partial charge in [0.1, 0.15) is 12.3 Å². The Hall–Kier alpha value is -3.55. The maximum absolute atomic E-state index is 14.2. The highest BCUT2D eigenvalue weighted by atomic mass is 19.4. The van der Waals surface area contributed by atoms with E-state index in [1.807, 2.05) is 0 Å². The van der Waals surface area contributed by atoms with Gasteiger partial charge in [0.25, 0.3) is 0 Å². The van der Waals surface area contributed by atoms with Gasteiger partial charge in [0, 0.05) is 29.5 Å². The van der Waals surface area contributed by atoms with Crippen molar-refractivity contribution in [2.24, 2.45) is 0 Å². The molecule has 4 rings (SSSR count). The largest absolute Gasteiger partial charge is 0.486 e. The summed E-state index contributed by atoms with van der Waals surface area (Å²) in [5, 5.41) is 0.422. The van der Waals surface area contributed by atoms with E-state index in [2.05, 4.69) is 15.0 Å². The van der Waals surface area contributed by atoms with E-state index in [0.29, 0.717) is 16.5 Å². The third kappa shape index (κ3) is 4.01. The van der Waals surface area contributed by atoms with E-state index in [1.54, 1.807) is 30.6 Å². The molecule has 0 radical (unpaired) electrons. The molecule has 3 aromatic heterocycles. The summed E-state index contributed by atoms with van der Waals surface area (Å²) in [5.74, 6) is -0.523. The Balaban J connectivity index is 1.70. The Bertz CT molecular complexity index is 1160. The predicted octanol–water partition coefficient (Wildman–Crippen LogP) is 5.43. The second kappa shape index (κ2) is 7.46. The zero-order chi connectivity index (χ0) is 20.4. The summed E-state index contributed by atoms with van der Waals surface area (Å²) >= 11 is 0. The fourth-order valence-corrected chi connectivity index (χ4v) is 2.86. The highest BCUT2D eigenvalue weighted by Gasteiger charge is 2.32. The van der Waals surface area contributed by atoms with E-state index < -0.39 is 17.7 Å². The van der Waals surface area contributed by atoms with Crippen molar-refractivity contribution in [3.05, 3.63) is 84.2 Å². The minimum Gasteiger partial charge on any atom is -0.486 e. The molecule has 0 aliphatic rings. The number of pyridine rings is 3. The van der Waals surface area contributed by atoms with Gasteiger partial charge in [-0.05, 0) is 47.5 Å². The van der Waals surface area contributed by atoms with Gasteiger partial charge < -0.3 is 4.74 Å². The molecule has 4 aromatic rings. The Morgan fingerprint density at radius 3 is 2.59 bits per heavy atom. The number of hydrogen-bond donors (Lipinski definition) is 0. The predicted molar refractivity (Wildman–Crippen MR) is 98.5 cm³/mol. The zero-order valence-corrected chi connectivity index (χ0v) is 14.8. The van der Waals surface area contributed by atoms with Gasteiger partial charge in [0.05, 0.1) is 0 Å². The fraction of sp³-hybridized carbons (Fsp3) is 0.0952. The quantitative estimate of drug-likeness (QED) is 0.430. The highest BCUT2D eigenvalue weighted by Crippen LogP contribution is 2.33. The average Bonchev–Trinajstić information content (AvgIpc) is 2.72.